The highest BCUT2D eigenvalue weighted by molar-refractivity contribution is 7.88. The van der Waals surface area contributed by atoms with E-state index in [0.717, 1.165) is 10.6 Å². The number of hydrogen-bond acceptors (Lipinski definition) is 7. The number of halogens is 1. The van der Waals surface area contributed by atoms with Crippen LogP contribution in [0.3, 0.4) is 0 Å². The number of carbonyl (C=O) groups excluding carboxylic acids is 2. The van der Waals surface area contributed by atoms with Crippen LogP contribution in [0.15, 0.2) is 29.1 Å². The van der Waals surface area contributed by atoms with Gasteiger partial charge in [-0.05, 0) is 55.7 Å². The highest BCUT2D eigenvalue weighted by atomic mass is 32.2. The van der Waals surface area contributed by atoms with Crippen molar-refractivity contribution in [3.8, 4) is 5.75 Å². The average molecular weight is 534 g/mol. The van der Waals surface area contributed by atoms with Crippen LogP contribution in [0.4, 0.5) is 4.39 Å². The lowest BCUT2D eigenvalue weighted by atomic mass is 9.77. The maximum atomic E-state index is 13.2. The van der Waals surface area contributed by atoms with Crippen molar-refractivity contribution in [3.63, 3.8) is 0 Å². The normalized spacial score (nSPS) is 25.0. The number of carbonyl (C=O) groups is 2. The maximum absolute atomic E-state index is 13.2. The Morgan fingerprint density at radius 3 is 2.46 bits per heavy atom. The van der Waals surface area contributed by atoms with Gasteiger partial charge in [-0.2, -0.15) is 4.31 Å². The van der Waals surface area contributed by atoms with Gasteiger partial charge < -0.3 is 15.7 Å². The molecule has 11 nitrogen and oxygen atoms in total. The highest BCUT2D eigenvalue weighted by Gasteiger charge is 2.49. The molecular formula is C24H28FN5O6S. The van der Waals surface area contributed by atoms with E-state index in [4.69, 9.17) is 0 Å². The summed E-state index contributed by atoms with van der Waals surface area (Å²) in [6.45, 7) is 0.570. The Hall–Kier alpha value is -3.32. The quantitative estimate of drug-likeness (QED) is 0.491. The predicted molar refractivity (Wildman–Crippen MR) is 129 cm³/mol. The van der Waals surface area contributed by atoms with Crippen LogP contribution in [0.5, 0.6) is 5.75 Å². The Bertz CT molecular complexity index is 1420. The predicted octanol–water partition coefficient (Wildman–Crippen LogP) is 0.567. The Morgan fingerprint density at radius 2 is 1.86 bits per heavy atom. The van der Waals surface area contributed by atoms with Gasteiger partial charge in [0, 0.05) is 19.6 Å². The molecule has 6 rings (SSSR count). The van der Waals surface area contributed by atoms with Gasteiger partial charge in [-0.1, -0.05) is 12.1 Å². The van der Waals surface area contributed by atoms with E-state index in [2.05, 4.69) is 15.6 Å². The number of nitrogens with one attached hydrogen (secondary N) is 2. The largest absolute Gasteiger partial charge is 0.501 e. The molecule has 13 heteroatoms. The van der Waals surface area contributed by atoms with Gasteiger partial charge in [-0.15, -0.1) is 0 Å². The summed E-state index contributed by atoms with van der Waals surface area (Å²) in [6, 6.07) is 4.65. The summed E-state index contributed by atoms with van der Waals surface area (Å²) < 4.78 is 39.6. The Kier molecular flexibility index (Phi) is 6.31. The molecule has 2 amide bonds. The van der Waals surface area contributed by atoms with Gasteiger partial charge in [0.05, 0.1) is 11.8 Å². The number of aromatic hydroxyl groups is 1. The third-order valence-electron chi connectivity index (χ3n) is 7.62. The first kappa shape index (κ1) is 25.3. The van der Waals surface area contributed by atoms with Crippen LogP contribution in [0.2, 0.25) is 0 Å². The van der Waals surface area contributed by atoms with E-state index in [9.17, 15) is 32.3 Å². The number of aromatic nitrogens is 2. The number of nitrogens with zero attached hydrogens (tertiary/aromatic N) is 3. The molecule has 1 atom stereocenters. The van der Waals surface area contributed by atoms with E-state index in [0.29, 0.717) is 44.2 Å². The lowest BCUT2D eigenvalue weighted by molar-refractivity contribution is -0.130. The topological polar surface area (TPSA) is 151 Å². The molecule has 1 saturated heterocycles. The molecule has 2 fully saturated rings. The van der Waals surface area contributed by atoms with Gasteiger partial charge in [0.15, 0.2) is 5.69 Å². The second-order valence-corrected chi connectivity index (χ2v) is 12.0. The van der Waals surface area contributed by atoms with Crippen LogP contribution in [0.25, 0.3) is 0 Å². The van der Waals surface area contributed by atoms with E-state index in [1.165, 1.54) is 28.8 Å². The first-order chi connectivity index (χ1) is 17.5. The summed E-state index contributed by atoms with van der Waals surface area (Å²) in [4.78, 5) is 43.8. The molecule has 1 unspecified atom stereocenters. The summed E-state index contributed by atoms with van der Waals surface area (Å²) in [6.07, 6.45) is 3.74. The Labute approximate surface area is 212 Å². The van der Waals surface area contributed by atoms with E-state index in [1.807, 2.05) is 0 Å². The third kappa shape index (κ3) is 4.61. The van der Waals surface area contributed by atoms with E-state index >= 15 is 0 Å². The number of benzene rings is 1. The van der Waals surface area contributed by atoms with Crippen LogP contribution >= 0.6 is 0 Å². The van der Waals surface area contributed by atoms with E-state index in [1.54, 1.807) is 0 Å². The average Bonchev–Trinajstić information content (AvgIpc) is 3.05. The molecule has 2 aromatic rings. The molecule has 1 aliphatic carbocycles. The molecule has 1 aromatic heterocycles. The number of sulfonamides is 1. The first-order valence-corrected chi connectivity index (χ1v) is 14.0. The summed E-state index contributed by atoms with van der Waals surface area (Å²) >= 11 is 0. The van der Waals surface area contributed by atoms with Gasteiger partial charge in [0.25, 0.3) is 11.5 Å². The standard InChI is InChI=1S/C24H28FN5O6S/c1-37(35,36)30-11-8-17(30)20(32)28-24-9-6-15(7-10-24)13-29-22(34)19(31)18(27-23(24)29)21(33)26-12-14-2-4-16(25)5-3-14/h2-5,15,17,31H,6-13H2,1H3,(H,26,33)(H,28,32). The van der Waals surface area contributed by atoms with Crippen molar-refractivity contribution in [1.29, 1.82) is 0 Å². The second-order valence-electron chi connectivity index (χ2n) is 10.1. The first-order valence-electron chi connectivity index (χ1n) is 12.1. The van der Waals surface area contributed by atoms with Crippen molar-refractivity contribution in [1.82, 2.24) is 24.5 Å². The molecule has 1 aromatic carbocycles. The van der Waals surface area contributed by atoms with Gasteiger partial charge in [0.2, 0.25) is 21.7 Å². The van der Waals surface area contributed by atoms with Crippen molar-refractivity contribution >= 4 is 21.8 Å². The van der Waals surface area contributed by atoms with Crippen LogP contribution < -0.4 is 16.2 Å². The van der Waals surface area contributed by atoms with Crippen LogP contribution in [-0.2, 0) is 33.4 Å². The van der Waals surface area contributed by atoms with Crippen molar-refractivity contribution < 1.29 is 27.5 Å². The maximum Gasteiger partial charge on any atom is 0.296 e. The number of hydrogen-bond donors (Lipinski definition) is 3. The summed E-state index contributed by atoms with van der Waals surface area (Å²) in [7, 11) is -3.55. The fourth-order valence-corrected chi connectivity index (χ4v) is 6.56. The fourth-order valence-electron chi connectivity index (χ4n) is 5.46. The second kappa shape index (κ2) is 9.21. The lowest BCUT2D eigenvalue weighted by Crippen LogP contribution is -2.61. The minimum absolute atomic E-state index is 0.0195. The van der Waals surface area contributed by atoms with E-state index in [-0.39, 0.29) is 24.8 Å². The smallest absolute Gasteiger partial charge is 0.296 e. The molecule has 3 N–H and O–H groups in total. The molecule has 37 heavy (non-hydrogen) atoms. The summed E-state index contributed by atoms with van der Waals surface area (Å²) in [5.74, 6) is -2.15. The zero-order valence-electron chi connectivity index (χ0n) is 20.2. The van der Waals surface area contributed by atoms with Crippen molar-refractivity contribution in [2.24, 2.45) is 5.92 Å². The molecule has 4 heterocycles. The minimum Gasteiger partial charge on any atom is -0.501 e. The number of rotatable bonds is 6. The Morgan fingerprint density at radius 1 is 1.19 bits per heavy atom. The summed E-state index contributed by atoms with van der Waals surface area (Å²) in [5.41, 5.74) is -1.70. The highest BCUT2D eigenvalue weighted by Crippen LogP contribution is 2.43. The van der Waals surface area contributed by atoms with Gasteiger partial charge in [-0.25, -0.2) is 17.8 Å². The zero-order valence-corrected chi connectivity index (χ0v) is 21.1. The van der Waals surface area contributed by atoms with Crippen molar-refractivity contribution in [2.75, 3.05) is 12.8 Å². The summed E-state index contributed by atoms with van der Waals surface area (Å²) in [5, 5.41) is 16.2. The van der Waals surface area contributed by atoms with Gasteiger partial charge in [-0.3, -0.25) is 19.0 Å². The molecule has 0 radical (unpaired) electrons. The van der Waals surface area contributed by atoms with Crippen molar-refractivity contribution in [3.05, 3.63) is 57.5 Å². The van der Waals surface area contributed by atoms with Gasteiger partial charge >= 0.3 is 0 Å². The molecule has 2 bridgehead atoms. The van der Waals surface area contributed by atoms with Crippen LogP contribution in [0.1, 0.15) is 54.0 Å². The number of amides is 2. The van der Waals surface area contributed by atoms with Crippen molar-refractivity contribution in [2.45, 2.75) is 56.8 Å². The molecule has 1 saturated carbocycles. The molecule has 4 aliphatic rings. The third-order valence-corrected chi connectivity index (χ3v) is 8.91. The SMILES string of the molecule is CS(=O)(=O)N1CCC1C(=O)NC12CCC(CC1)Cn1c2nc(C(=O)NCc2ccc(F)cc2)c(O)c1=O. The molecule has 0 spiro atoms. The van der Waals surface area contributed by atoms with Gasteiger partial charge in [0.1, 0.15) is 17.7 Å². The van der Waals surface area contributed by atoms with E-state index < -0.39 is 56.2 Å². The molecule has 3 aliphatic heterocycles. The molecular weight excluding hydrogens is 505 g/mol. The number of fused-ring (bicyclic) bond motifs is 2. The lowest BCUT2D eigenvalue weighted by Gasteiger charge is -2.42. The van der Waals surface area contributed by atoms with Crippen LogP contribution in [0, 0.1) is 11.7 Å². The van der Waals surface area contributed by atoms with Crippen LogP contribution in [-0.4, -0.2) is 58.0 Å². The zero-order chi connectivity index (χ0) is 26.5. The Balaban J connectivity index is 1.47. The molecule has 198 valence electrons. The fraction of sp³-hybridized carbons (Fsp3) is 0.500. The monoisotopic (exact) mass is 533 g/mol. The minimum atomic E-state index is -3.55.